The van der Waals surface area contributed by atoms with Crippen molar-refractivity contribution in [2.75, 3.05) is 0 Å². The summed E-state index contributed by atoms with van der Waals surface area (Å²) in [6, 6.07) is 2.13. The highest BCUT2D eigenvalue weighted by atomic mass is 32.1. The molecule has 0 aliphatic carbocycles. The lowest BCUT2D eigenvalue weighted by atomic mass is 9.89. The van der Waals surface area contributed by atoms with E-state index < -0.39 is 0 Å². The van der Waals surface area contributed by atoms with Gasteiger partial charge in [-0.3, -0.25) is 16.0 Å². The van der Waals surface area contributed by atoms with Gasteiger partial charge in [-0.2, -0.15) is 5.10 Å². The molecule has 0 aromatic carbocycles. The summed E-state index contributed by atoms with van der Waals surface area (Å²) in [4.78, 5) is 1.10. The monoisotopic (exact) mass is 308 g/mol. The molecule has 0 amide bonds. The van der Waals surface area contributed by atoms with Crippen molar-refractivity contribution in [2.24, 2.45) is 12.9 Å². The molecule has 0 aliphatic rings. The lowest BCUT2D eigenvalue weighted by molar-refractivity contribution is 0.504. The molecule has 2 aromatic rings. The topological polar surface area (TPSA) is 81.6 Å². The van der Waals surface area contributed by atoms with Crippen molar-refractivity contribution in [1.29, 1.82) is 0 Å². The molecular formula is C14H24N6S. The van der Waals surface area contributed by atoms with Gasteiger partial charge in [-0.1, -0.05) is 32.2 Å². The third-order valence-electron chi connectivity index (χ3n) is 3.54. The van der Waals surface area contributed by atoms with Crippen LogP contribution in [0.1, 0.15) is 55.7 Å². The minimum Gasteiger partial charge on any atom is -0.272 e. The Labute approximate surface area is 129 Å². The number of nitrogens with zero attached hydrogens (tertiary/aromatic N) is 4. The largest absolute Gasteiger partial charge is 0.272 e. The molecule has 2 rings (SSSR count). The number of rotatable bonds is 5. The Bertz CT molecular complexity index is 595. The fourth-order valence-electron chi connectivity index (χ4n) is 2.32. The number of aromatic nitrogens is 4. The first-order valence-electron chi connectivity index (χ1n) is 7.17. The van der Waals surface area contributed by atoms with Gasteiger partial charge in [0.15, 0.2) is 0 Å². The van der Waals surface area contributed by atoms with Crippen molar-refractivity contribution in [3.8, 4) is 0 Å². The van der Waals surface area contributed by atoms with Gasteiger partial charge >= 0.3 is 0 Å². The van der Waals surface area contributed by atoms with E-state index in [1.807, 2.05) is 11.7 Å². The molecule has 2 aromatic heterocycles. The van der Waals surface area contributed by atoms with Gasteiger partial charge in [-0.25, -0.2) is 0 Å². The highest BCUT2D eigenvalue weighted by Gasteiger charge is 2.27. The van der Waals surface area contributed by atoms with E-state index in [4.69, 9.17) is 5.84 Å². The third kappa shape index (κ3) is 3.48. The van der Waals surface area contributed by atoms with E-state index in [9.17, 15) is 0 Å². The van der Waals surface area contributed by atoms with Crippen LogP contribution in [0.5, 0.6) is 0 Å². The Hall–Kier alpha value is -1.31. The predicted octanol–water partition coefficient (Wildman–Crippen LogP) is 1.88. The van der Waals surface area contributed by atoms with Gasteiger partial charge < -0.3 is 0 Å². The van der Waals surface area contributed by atoms with Crippen molar-refractivity contribution in [3.05, 3.63) is 28.0 Å². The summed E-state index contributed by atoms with van der Waals surface area (Å²) >= 11 is 1.41. The van der Waals surface area contributed by atoms with E-state index >= 15 is 0 Å². The smallest absolute Gasteiger partial charge is 0.0857 e. The molecular weight excluding hydrogens is 284 g/mol. The predicted molar refractivity (Wildman–Crippen MR) is 85.0 cm³/mol. The quantitative estimate of drug-likeness (QED) is 0.651. The highest BCUT2D eigenvalue weighted by molar-refractivity contribution is 7.05. The number of hydrogen-bond donors (Lipinski definition) is 2. The Balaban J connectivity index is 2.28. The SMILES string of the molecule is CCc1cc(CC(NN)c2snnc2C(C)(C)C)n(C)n1. The summed E-state index contributed by atoms with van der Waals surface area (Å²) in [5.41, 5.74) is 6.13. The van der Waals surface area contributed by atoms with Crippen molar-refractivity contribution < 1.29 is 0 Å². The lowest BCUT2D eigenvalue weighted by Gasteiger charge is -2.21. The van der Waals surface area contributed by atoms with Crippen LogP contribution in [-0.2, 0) is 25.3 Å². The van der Waals surface area contributed by atoms with Crippen molar-refractivity contribution in [1.82, 2.24) is 24.8 Å². The van der Waals surface area contributed by atoms with Gasteiger partial charge in [0.25, 0.3) is 0 Å². The summed E-state index contributed by atoms with van der Waals surface area (Å²) in [5.74, 6) is 5.78. The van der Waals surface area contributed by atoms with Gasteiger partial charge in [0.05, 0.1) is 22.3 Å². The van der Waals surface area contributed by atoms with Crippen LogP contribution in [-0.4, -0.2) is 19.4 Å². The summed E-state index contributed by atoms with van der Waals surface area (Å²) in [6.07, 6.45) is 1.71. The molecule has 3 N–H and O–H groups in total. The summed E-state index contributed by atoms with van der Waals surface area (Å²) < 4.78 is 6.04. The Morgan fingerprint density at radius 3 is 2.67 bits per heavy atom. The number of nitrogens with two attached hydrogens (primary N) is 1. The minimum absolute atomic E-state index is 0.000619. The van der Waals surface area contributed by atoms with Gasteiger partial charge in [0.2, 0.25) is 0 Å². The molecule has 21 heavy (non-hydrogen) atoms. The molecule has 7 heteroatoms. The Morgan fingerprint density at radius 2 is 2.14 bits per heavy atom. The molecule has 0 radical (unpaired) electrons. The number of nitrogens with one attached hydrogen (secondary N) is 1. The van der Waals surface area contributed by atoms with Crippen molar-refractivity contribution >= 4 is 11.5 Å². The Kier molecular flexibility index (Phi) is 4.75. The summed E-state index contributed by atoms with van der Waals surface area (Å²) in [5, 5.41) is 8.78. The van der Waals surface area contributed by atoms with Gasteiger partial charge in [0, 0.05) is 24.6 Å². The maximum Gasteiger partial charge on any atom is 0.0857 e. The number of hydrogen-bond acceptors (Lipinski definition) is 6. The molecule has 6 nitrogen and oxygen atoms in total. The molecule has 0 aliphatic heterocycles. The number of hydrazine groups is 1. The van der Waals surface area contributed by atoms with E-state index in [-0.39, 0.29) is 11.5 Å². The standard InChI is InChI=1S/C14H24N6S/c1-6-9-7-10(20(5)18-9)8-11(16-15)12-13(14(2,3)4)17-19-21-12/h7,11,16H,6,8,15H2,1-5H3. The molecule has 0 bridgehead atoms. The van der Waals surface area contributed by atoms with Crippen LogP contribution >= 0.6 is 11.5 Å². The zero-order valence-electron chi connectivity index (χ0n) is 13.3. The molecule has 1 atom stereocenters. The van der Waals surface area contributed by atoms with Crippen molar-refractivity contribution in [3.63, 3.8) is 0 Å². The molecule has 0 fully saturated rings. The minimum atomic E-state index is -0.0432. The van der Waals surface area contributed by atoms with Crippen LogP contribution in [0, 0.1) is 0 Å². The van der Waals surface area contributed by atoms with Crippen LogP contribution in [0.25, 0.3) is 0 Å². The maximum atomic E-state index is 5.78. The maximum absolute atomic E-state index is 5.78. The van der Waals surface area contributed by atoms with Gasteiger partial charge in [-0.15, -0.1) is 5.10 Å². The molecule has 116 valence electrons. The van der Waals surface area contributed by atoms with E-state index in [0.29, 0.717) is 0 Å². The first kappa shape index (κ1) is 16.1. The molecule has 0 spiro atoms. The lowest BCUT2D eigenvalue weighted by Crippen LogP contribution is -2.31. The average molecular weight is 308 g/mol. The molecule has 1 unspecified atom stereocenters. The summed E-state index contributed by atoms with van der Waals surface area (Å²) in [6.45, 7) is 8.52. The highest BCUT2D eigenvalue weighted by Crippen LogP contribution is 2.31. The second-order valence-corrected chi connectivity index (χ2v) is 7.05. The van der Waals surface area contributed by atoms with Crippen molar-refractivity contribution in [2.45, 2.75) is 52.0 Å². The normalized spacial score (nSPS) is 13.6. The zero-order chi connectivity index (χ0) is 15.6. The average Bonchev–Trinajstić information content (AvgIpc) is 3.02. The van der Waals surface area contributed by atoms with E-state index in [1.54, 1.807) is 0 Å². The molecule has 0 saturated carbocycles. The van der Waals surface area contributed by atoms with Crippen LogP contribution < -0.4 is 11.3 Å². The van der Waals surface area contributed by atoms with Crippen LogP contribution in [0.3, 0.4) is 0 Å². The van der Waals surface area contributed by atoms with E-state index in [0.717, 1.165) is 34.8 Å². The zero-order valence-corrected chi connectivity index (χ0v) is 14.2. The molecule has 2 heterocycles. The Morgan fingerprint density at radius 1 is 1.43 bits per heavy atom. The third-order valence-corrected chi connectivity index (χ3v) is 4.38. The van der Waals surface area contributed by atoms with E-state index in [2.05, 4.69) is 53.9 Å². The fraction of sp³-hybridized carbons (Fsp3) is 0.643. The van der Waals surface area contributed by atoms with Gasteiger partial charge in [0.1, 0.15) is 0 Å². The second-order valence-electron chi connectivity index (χ2n) is 6.26. The molecule has 0 saturated heterocycles. The first-order valence-corrected chi connectivity index (χ1v) is 7.94. The second kappa shape index (κ2) is 6.21. The van der Waals surface area contributed by atoms with Gasteiger partial charge in [-0.05, 0) is 24.0 Å². The number of aryl methyl sites for hydroxylation is 2. The van der Waals surface area contributed by atoms with Crippen LogP contribution in [0.4, 0.5) is 0 Å². The van der Waals surface area contributed by atoms with Crippen LogP contribution in [0.2, 0.25) is 0 Å². The fourth-order valence-corrected chi connectivity index (χ4v) is 3.24. The first-order chi connectivity index (χ1) is 9.86. The van der Waals surface area contributed by atoms with Crippen LogP contribution in [0.15, 0.2) is 6.07 Å². The van der Waals surface area contributed by atoms with E-state index in [1.165, 1.54) is 11.5 Å². The summed E-state index contributed by atoms with van der Waals surface area (Å²) in [7, 11) is 1.97.